The summed E-state index contributed by atoms with van der Waals surface area (Å²) in [6, 6.07) is 2.17. The van der Waals surface area contributed by atoms with Crippen molar-refractivity contribution in [2.24, 2.45) is 0 Å². The highest BCUT2D eigenvalue weighted by molar-refractivity contribution is 6.05. The van der Waals surface area contributed by atoms with E-state index in [1.807, 2.05) is 0 Å². The van der Waals surface area contributed by atoms with E-state index in [-0.39, 0.29) is 23.6 Å². The maximum absolute atomic E-state index is 13.6. The van der Waals surface area contributed by atoms with Gasteiger partial charge in [0.25, 0.3) is 0 Å². The molecule has 1 aromatic rings. The molecule has 0 aliphatic carbocycles. The Morgan fingerprint density at radius 3 is 2.68 bits per heavy atom. The number of hydrogen-bond donors (Lipinski definition) is 1. The lowest BCUT2D eigenvalue weighted by Gasteiger charge is -2.11. The predicted octanol–water partition coefficient (Wildman–Crippen LogP) is 2.14. The van der Waals surface area contributed by atoms with Crippen LogP contribution in [0, 0.1) is 5.82 Å². The van der Waals surface area contributed by atoms with Crippen LogP contribution < -0.4 is 10.1 Å². The van der Waals surface area contributed by atoms with E-state index in [2.05, 4.69) is 11.9 Å². The molecule has 102 valence electrons. The lowest BCUT2D eigenvalue weighted by atomic mass is 10.1. The largest absolute Gasteiger partial charge is 0.494 e. The molecule has 0 spiro atoms. The van der Waals surface area contributed by atoms with Gasteiger partial charge in [-0.15, -0.1) is 0 Å². The number of amides is 1. The molecule has 1 aromatic carbocycles. The lowest BCUT2D eigenvalue weighted by Crippen LogP contribution is -2.14. The minimum atomic E-state index is -0.699. The second-order valence-electron chi connectivity index (χ2n) is 3.45. The first-order valence-corrected chi connectivity index (χ1v) is 5.51. The Morgan fingerprint density at radius 2 is 2.16 bits per heavy atom. The summed E-state index contributed by atoms with van der Waals surface area (Å²) >= 11 is 0. The third-order valence-corrected chi connectivity index (χ3v) is 2.23. The summed E-state index contributed by atoms with van der Waals surface area (Å²) in [5.74, 6) is -2.05. The van der Waals surface area contributed by atoms with Gasteiger partial charge in [-0.1, -0.05) is 6.58 Å². The maximum Gasteiger partial charge on any atom is 0.340 e. The van der Waals surface area contributed by atoms with Crippen LogP contribution in [0.25, 0.3) is 0 Å². The molecule has 0 aromatic heterocycles. The highest BCUT2D eigenvalue weighted by atomic mass is 19.1. The molecule has 0 radical (unpaired) electrons. The molecule has 0 fully saturated rings. The smallest absolute Gasteiger partial charge is 0.340 e. The van der Waals surface area contributed by atoms with Gasteiger partial charge in [0.05, 0.1) is 25.0 Å². The zero-order chi connectivity index (χ0) is 14.4. The van der Waals surface area contributed by atoms with Crippen molar-refractivity contribution in [2.45, 2.75) is 6.92 Å². The van der Waals surface area contributed by atoms with Crippen LogP contribution in [0.1, 0.15) is 17.3 Å². The molecule has 1 rings (SSSR count). The van der Waals surface area contributed by atoms with Gasteiger partial charge in [-0.05, 0) is 19.1 Å². The Balaban J connectivity index is 3.25. The average Bonchev–Trinajstić information content (AvgIpc) is 2.39. The monoisotopic (exact) mass is 267 g/mol. The molecule has 0 bridgehead atoms. The lowest BCUT2D eigenvalue weighted by molar-refractivity contribution is -0.111. The molecule has 0 saturated heterocycles. The Hall–Kier alpha value is -2.37. The second-order valence-corrected chi connectivity index (χ2v) is 3.45. The molecule has 0 aliphatic heterocycles. The number of methoxy groups -OCH3 is 1. The van der Waals surface area contributed by atoms with E-state index < -0.39 is 17.7 Å². The number of esters is 1. The number of ether oxygens (including phenoxy) is 2. The van der Waals surface area contributed by atoms with Crippen molar-refractivity contribution in [1.29, 1.82) is 0 Å². The van der Waals surface area contributed by atoms with Gasteiger partial charge in [0, 0.05) is 6.07 Å². The number of carbonyl (C=O) groups is 2. The van der Waals surface area contributed by atoms with Gasteiger partial charge in [0.2, 0.25) is 5.91 Å². The van der Waals surface area contributed by atoms with E-state index in [4.69, 9.17) is 9.47 Å². The van der Waals surface area contributed by atoms with Crippen LogP contribution in [0.15, 0.2) is 24.8 Å². The van der Waals surface area contributed by atoms with Crippen molar-refractivity contribution in [1.82, 2.24) is 0 Å². The number of carbonyl (C=O) groups excluding carboxylic acids is 2. The van der Waals surface area contributed by atoms with Crippen LogP contribution in [0.4, 0.5) is 10.1 Å². The quantitative estimate of drug-likeness (QED) is 0.655. The standard InChI is InChI=1S/C13H14FNO4/c1-4-12(16)15-10-7-9(14)11(18-3)6-8(10)13(17)19-5-2/h4,6-7H,1,5H2,2-3H3,(H,15,16). The van der Waals surface area contributed by atoms with Crippen LogP contribution in [0.2, 0.25) is 0 Å². The summed E-state index contributed by atoms with van der Waals surface area (Å²) in [5, 5.41) is 2.34. The molecule has 1 N–H and O–H groups in total. The summed E-state index contributed by atoms with van der Waals surface area (Å²) in [6.07, 6.45) is 1.01. The van der Waals surface area contributed by atoms with Gasteiger partial charge in [0.1, 0.15) is 0 Å². The number of anilines is 1. The third kappa shape index (κ3) is 3.54. The highest BCUT2D eigenvalue weighted by Crippen LogP contribution is 2.26. The maximum atomic E-state index is 13.6. The summed E-state index contributed by atoms with van der Waals surface area (Å²) in [5.41, 5.74) is 0.0111. The number of hydrogen-bond acceptors (Lipinski definition) is 4. The van der Waals surface area contributed by atoms with Crippen LogP contribution in [-0.2, 0) is 9.53 Å². The summed E-state index contributed by atoms with van der Waals surface area (Å²) in [7, 11) is 1.27. The minimum absolute atomic E-state index is 0.00153. The molecule has 5 nitrogen and oxygen atoms in total. The first-order valence-electron chi connectivity index (χ1n) is 5.51. The van der Waals surface area contributed by atoms with Crippen LogP contribution in [0.5, 0.6) is 5.75 Å². The van der Waals surface area contributed by atoms with E-state index in [0.717, 1.165) is 12.1 Å². The Labute approximate surface area is 110 Å². The van der Waals surface area contributed by atoms with Gasteiger partial charge in [0.15, 0.2) is 11.6 Å². The van der Waals surface area contributed by atoms with Crippen molar-refractivity contribution < 1.29 is 23.5 Å². The van der Waals surface area contributed by atoms with Crippen LogP contribution in [0.3, 0.4) is 0 Å². The second kappa shape index (κ2) is 6.53. The van der Waals surface area contributed by atoms with Crippen molar-refractivity contribution >= 4 is 17.6 Å². The van der Waals surface area contributed by atoms with Crippen LogP contribution >= 0.6 is 0 Å². The molecule has 19 heavy (non-hydrogen) atoms. The molecule has 0 aliphatic rings. The molecule has 0 heterocycles. The van der Waals surface area contributed by atoms with E-state index >= 15 is 0 Å². The molecule has 0 saturated carbocycles. The molecular formula is C13H14FNO4. The predicted molar refractivity (Wildman–Crippen MR) is 67.7 cm³/mol. The molecule has 6 heteroatoms. The number of rotatable bonds is 5. The fourth-order valence-corrected chi connectivity index (χ4v) is 1.37. The first kappa shape index (κ1) is 14.7. The highest BCUT2D eigenvalue weighted by Gasteiger charge is 2.18. The van der Waals surface area contributed by atoms with Gasteiger partial charge < -0.3 is 14.8 Å². The summed E-state index contributed by atoms with van der Waals surface area (Å²) in [4.78, 5) is 23.0. The summed E-state index contributed by atoms with van der Waals surface area (Å²) in [6.45, 7) is 5.08. The fraction of sp³-hybridized carbons (Fsp3) is 0.231. The zero-order valence-corrected chi connectivity index (χ0v) is 10.7. The number of benzene rings is 1. The Kier molecular flexibility index (Phi) is 5.05. The average molecular weight is 267 g/mol. The first-order chi connectivity index (χ1) is 9.03. The fourth-order valence-electron chi connectivity index (χ4n) is 1.37. The third-order valence-electron chi connectivity index (χ3n) is 2.23. The normalized spacial score (nSPS) is 9.63. The van der Waals surface area contributed by atoms with Gasteiger partial charge in [-0.3, -0.25) is 4.79 Å². The zero-order valence-electron chi connectivity index (χ0n) is 10.7. The van der Waals surface area contributed by atoms with Gasteiger partial charge in [-0.2, -0.15) is 0 Å². The number of halogens is 1. The Morgan fingerprint density at radius 1 is 1.47 bits per heavy atom. The van der Waals surface area contributed by atoms with Crippen molar-refractivity contribution in [3.05, 3.63) is 36.2 Å². The SMILES string of the molecule is C=CC(=O)Nc1cc(F)c(OC)cc1C(=O)OCC. The topological polar surface area (TPSA) is 64.6 Å². The van der Waals surface area contributed by atoms with E-state index in [1.165, 1.54) is 13.2 Å². The molecule has 0 unspecified atom stereocenters. The van der Waals surface area contributed by atoms with Crippen molar-refractivity contribution in [3.8, 4) is 5.75 Å². The molecular weight excluding hydrogens is 253 g/mol. The van der Waals surface area contributed by atoms with E-state index in [9.17, 15) is 14.0 Å². The van der Waals surface area contributed by atoms with Crippen LogP contribution in [-0.4, -0.2) is 25.6 Å². The minimum Gasteiger partial charge on any atom is -0.494 e. The van der Waals surface area contributed by atoms with Crippen molar-refractivity contribution in [3.63, 3.8) is 0 Å². The number of nitrogens with one attached hydrogen (secondary N) is 1. The summed E-state index contributed by atoms with van der Waals surface area (Å²) < 4.78 is 23.2. The van der Waals surface area contributed by atoms with Crippen molar-refractivity contribution in [2.75, 3.05) is 19.0 Å². The van der Waals surface area contributed by atoms with E-state index in [0.29, 0.717) is 0 Å². The molecule has 0 atom stereocenters. The Bertz CT molecular complexity index is 514. The molecule has 1 amide bonds. The van der Waals surface area contributed by atoms with E-state index in [1.54, 1.807) is 6.92 Å². The van der Waals surface area contributed by atoms with Gasteiger partial charge >= 0.3 is 5.97 Å². The van der Waals surface area contributed by atoms with Gasteiger partial charge in [-0.25, -0.2) is 9.18 Å².